The molecule has 1 atom stereocenters. The third kappa shape index (κ3) is 4.74. The van der Waals surface area contributed by atoms with E-state index in [0.717, 1.165) is 38.8 Å². The maximum atomic E-state index is 10.8. The van der Waals surface area contributed by atoms with Crippen molar-refractivity contribution in [1.29, 1.82) is 5.26 Å². The van der Waals surface area contributed by atoms with Gasteiger partial charge in [0.2, 0.25) is 0 Å². The lowest BCUT2D eigenvalue weighted by atomic mass is 9.89. The van der Waals surface area contributed by atoms with Crippen molar-refractivity contribution in [3.8, 4) is 6.07 Å². The second-order valence-corrected chi connectivity index (χ2v) is 5.58. The highest BCUT2D eigenvalue weighted by molar-refractivity contribution is 5.70. The number of nitriles is 1. The van der Waals surface area contributed by atoms with Gasteiger partial charge in [0.25, 0.3) is 0 Å². The number of hydrogen-bond donors (Lipinski definition) is 1. The van der Waals surface area contributed by atoms with Gasteiger partial charge in [-0.3, -0.25) is 4.79 Å². The molecule has 1 fully saturated rings. The molecular formula is C13H22N2O2. The van der Waals surface area contributed by atoms with E-state index in [1.54, 1.807) is 0 Å². The maximum Gasteiger partial charge on any atom is 0.307 e. The van der Waals surface area contributed by atoms with Gasteiger partial charge in [-0.25, -0.2) is 0 Å². The fourth-order valence-electron chi connectivity index (χ4n) is 2.20. The molecule has 96 valence electrons. The van der Waals surface area contributed by atoms with Crippen LogP contribution in [0, 0.1) is 22.7 Å². The van der Waals surface area contributed by atoms with Gasteiger partial charge in [-0.15, -0.1) is 0 Å². The zero-order chi connectivity index (χ0) is 12.9. The summed E-state index contributed by atoms with van der Waals surface area (Å²) in [4.78, 5) is 13.0. The van der Waals surface area contributed by atoms with E-state index in [0.29, 0.717) is 6.54 Å². The molecule has 1 aliphatic rings. The molecule has 1 aliphatic heterocycles. The van der Waals surface area contributed by atoms with Gasteiger partial charge in [-0.1, -0.05) is 6.42 Å². The van der Waals surface area contributed by atoms with E-state index in [2.05, 4.69) is 11.0 Å². The van der Waals surface area contributed by atoms with E-state index in [1.165, 1.54) is 0 Å². The van der Waals surface area contributed by atoms with Crippen molar-refractivity contribution in [2.45, 2.75) is 39.5 Å². The molecular weight excluding hydrogens is 216 g/mol. The average molecular weight is 238 g/mol. The third-order valence-electron chi connectivity index (χ3n) is 3.45. The fraction of sp³-hybridized carbons (Fsp3) is 0.846. The number of unbranched alkanes of at least 4 members (excludes halogenated alkanes) is 1. The number of aliphatic carboxylic acids is 1. The van der Waals surface area contributed by atoms with Gasteiger partial charge >= 0.3 is 5.97 Å². The van der Waals surface area contributed by atoms with Crippen molar-refractivity contribution < 1.29 is 9.90 Å². The Morgan fingerprint density at radius 1 is 1.53 bits per heavy atom. The highest BCUT2D eigenvalue weighted by Gasteiger charge is 2.27. The molecule has 4 heteroatoms. The van der Waals surface area contributed by atoms with E-state index in [1.807, 2.05) is 13.8 Å². The van der Waals surface area contributed by atoms with Crippen LogP contribution in [0.4, 0.5) is 0 Å². The predicted octanol–water partition coefficient (Wildman–Crippen LogP) is 2.11. The first kappa shape index (κ1) is 14.0. The van der Waals surface area contributed by atoms with Crippen LogP contribution in [0.1, 0.15) is 39.5 Å². The first-order chi connectivity index (χ1) is 7.94. The summed E-state index contributed by atoms with van der Waals surface area (Å²) in [6.07, 6.45) is 3.78. The van der Waals surface area contributed by atoms with E-state index < -0.39 is 5.97 Å². The minimum Gasteiger partial charge on any atom is -0.481 e. The van der Waals surface area contributed by atoms with Crippen molar-refractivity contribution >= 4 is 5.97 Å². The first-order valence-electron chi connectivity index (χ1n) is 6.31. The summed E-state index contributed by atoms with van der Waals surface area (Å²) in [5.41, 5.74) is -0.228. The van der Waals surface area contributed by atoms with Crippen LogP contribution < -0.4 is 0 Å². The highest BCUT2D eigenvalue weighted by Crippen LogP contribution is 2.22. The summed E-state index contributed by atoms with van der Waals surface area (Å²) in [5, 5.41) is 17.8. The predicted molar refractivity (Wildman–Crippen MR) is 65.4 cm³/mol. The molecule has 0 aromatic heterocycles. The van der Waals surface area contributed by atoms with Gasteiger partial charge in [-0.2, -0.15) is 5.26 Å². The standard InChI is InChI=1S/C13H22N2O2/c1-13(2,10-14)6-3-4-7-15-8-5-11(9-15)12(16)17/h11H,3-9H2,1-2H3,(H,16,17). The Labute approximate surface area is 103 Å². The van der Waals surface area contributed by atoms with Crippen LogP contribution in [0.25, 0.3) is 0 Å². The summed E-state index contributed by atoms with van der Waals surface area (Å²) in [6, 6.07) is 2.30. The molecule has 1 unspecified atom stereocenters. The Hall–Kier alpha value is -1.08. The largest absolute Gasteiger partial charge is 0.481 e. The quantitative estimate of drug-likeness (QED) is 0.720. The molecule has 0 saturated carbocycles. The molecule has 0 aliphatic carbocycles. The van der Waals surface area contributed by atoms with Crippen molar-refractivity contribution in [2.24, 2.45) is 11.3 Å². The molecule has 1 saturated heterocycles. The monoisotopic (exact) mass is 238 g/mol. The molecule has 0 aromatic rings. The lowest BCUT2D eigenvalue weighted by Gasteiger charge is -2.17. The summed E-state index contributed by atoms with van der Waals surface area (Å²) in [7, 11) is 0. The van der Waals surface area contributed by atoms with Gasteiger partial charge in [-0.05, 0) is 46.2 Å². The molecule has 0 spiro atoms. The zero-order valence-electron chi connectivity index (χ0n) is 10.8. The molecule has 4 nitrogen and oxygen atoms in total. The minimum atomic E-state index is -0.668. The molecule has 1 N–H and O–H groups in total. The molecule has 0 amide bonds. The number of carbonyl (C=O) groups is 1. The Bertz CT molecular complexity index is 307. The smallest absolute Gasteiger partial charge is 0.307 e. The summed E-state index contributed by atoms with van der Waals surface area (Å²) < 4.78 is 0. The van der Waals surface area contributed by atoms with Crippen LogP contribution in [0.3, 0.4) is 0 Å². The first-order valence-corrected chi connectivity index (χ1v) is 6.31. The molecule has 0 bridgehead atoms. The number of rotatable bonds is 6. The number of carboxylic acids is 1. The Kier molecular flexibility index (Phi) is 4.95. The zero-order valence-corrected chi connectivity index (χ0v) is 10.8. The molecule has 17 heavy (non-hydrogen) atoms. The number of likely N-dealkylation sites (tertiary alicyclic amines) is 1. The van der Waals surface area contributed by atoms with Crippen LogP contribution in [0.5, 0.6) is 0 Å². The second-order valence-electron chi connectivity index (χ2n) is 5.58. The average Bonchev–Trinajstić information content (AvgIpc) is 2.73. The lowest BCUT2D eigenvalue weighted by molar-refractivity contribution is -0.141. The summed E-state index contributed by atoms with van der Waals surface area (Å²) in [6.45, 7) is 6.48. The van der Waals surface area contributed by atoms with E-state index in [-0.39, 0.29) is 11.3 Å². The van der Waals surface area contributed by atoms with Gasteiger partial charge < -0.3 is 10.0 Å². The Morgan fingerprint density at radius 3 is 2.76 bits per heavy atom. The van der Waals surface area contributed by atoms with Gasteiger partial charge in [0, 0.05) is 6.54 Å². The van der Waals surface area contributed by atoms with Crippen LogP contribution in [0.15, 0.2) is 0 Å². The summed E-state index contributed by atoms with van der Waals surface area (Å²) in [5.74, 6) is -0.844. The minimum absolute atomic E-state index is 0.175. The van der Waals surface area contributed by atoms with Crippen LogP contribution in [0.2, 0.25) is 0 Å². The van der Waals surface area contributed by atoms with Crippen LogP contribution in [-0.4, -0.2) is 35.6 Å². The normalized spacial score (nSPS) is 21.4. The number of nitrogens with zero attached hydrogens (tertiary/aromatic N) is 2. The van der Waals surface area contributed by atoms with Gasteiger partial charge in [0.05, 0.1) is 17.4 Å². The van der Waals surface area contributed by atoms with Crippen LogP contribution >= 0.6 is 0 Å². The van der Waals surface area contributed by atoms with Crippen molar-refractivity contribution in [3.05, 3.63) is 0 Å². The van der Waals surface area contributed by atoms with Gasteiger partial charge in [0.1, 0.15) is 0 Å². The highest BCUT2D eigenvalue weighted by atomic mass is 16.4. The van der Waals surface area contributed by atoms with Gasteiger partial charge in [0.15, 0.2) is 0 Å². The summed E-state index contributed by atoms with van der Waals surface area (Å²) >= 11 is 0. The molecule has 1 heterocycles. The Balaban J connectivity index is 2.13. The van der Waals surface area contributed by atoms with Crippen molar-refractivity contribution in [3.63, 3.8) is 0 Å². The van der Waals surface area contributed by atoms with E-state index in [9.17, 15) is 4.79 Å². The van der Waals surface area contributed by atoms with Crippen molar-refractivity contribution in [1.82, 2.24) is 4.90 Å². The lowest BCUT2D eigenvalue weighted by Crippen LogP contribution is -2.24. The SMILES string of the molecule is CC(C)(C#N)CCCCN1CCC(C(=O)O)C1. The molecule has 0 aromatic carbocycles. The number of hydrogen-bond acceptors (Lipinski definition) is 3. The van der Waals surface area contributed by atoms with E-state index in [4.69, 9.17) is 10.4 Å². The fourth-order valence-corrected chi connectivity index (χ4v) is 2.20. The maximum absolute atomic E-state index is 10.8. The van der Waals surface area contributed by atoms with E-state index >= 15 is 0 Å². The molecule has 0 radical (unpaired) electrons. The second kappa shape index (κ2) is 6.02. The topological polar surface area (TPSA) is 64.3 Å². The van der Waals surface area contributed by atoms with Crippen molar-refractivity contribution in [2.75, 3.05) is 19.6 Å². The molecule has 1 rings (SSSR count). The Morgan fingerprint density at radius 2 is 2.24 bits per heavy atom. The third-order valence-corrected chi connectivity index (χ3v) is 3.45. The van der Waals surface area contributed by atoms with Crippen LogP contribution in [-0.2, 0) is 4.79 Å². The number of carboxylic acid groups (broad SMARTS) is 1.